The summed E-state index contributed by atoms with van der Waals surface area (Å²) in [4.78, 5) is 30.8. The molecule has 0 spiro atoms. The first-order valence-corrected chi connectivity index (χ1v) is 11.6. The van der Waals surface area contributed by atoms with E-state index >= 15 is 0 Å². The van der Waals surface area contributed by atoms with Crippen LogP contribution in [0.5, 0.6) is 0 Å². The highest BCUT2D eigenvalue weighted by molar-refractivity contribution is 7.24. The normalized spacial score (nSPS) is 11.6. The molecule has 2 N–H and O–H groups in total. The summed E-state index contributed by atoms with van der Waals surface area (Å²) in [7, 11) is 0. The first-order valence-electron chi connectivity index (χ1n) is 10.8. The average molecular weight is 449 g/mol. The second-order valence-corrected chi connectivity index (χ2v) is 9.55. The number of H-pyrrole nitrogens is 1. The zero-order valence-corrected chi connectivity index (χ0v) is 19.0. The first kappa shape index (κ1) is 19.7. The van der Waals surface area contributed by atoms with E-state index in [1.54, 1.807) is 35.6 Å². The number of hydrogen-bond donors (Lipinski definition) is 2. The molecule has 0 unspecified atom stereocenters. The zero-order chi connectivity index (χ0) is 22.7. The molecule has 0 aliphatic rings. The Morgan fingerprint density at radius 3 is 2.12 bits per heavy atom. The molecule has 0 radical (unpaired) electrons. The van der Waals surface area contributed by atoms with Gasteiger partial charge in [-0.2, -0.15) is 0 Å². The van der Waals surface area contributed by atoms with Crippen molar-refractivity contribution in [2.45, 2.75) is 13.8 Å². The number of nitrogens with one attached hydrogen (secondary N) is 2. The van der Waals surface area contributed by atoms with Crippen LogP contribution in [0.3, 0.4) is 0 Å². The van der Waals surface area contributed by atoms with Crippen molar-refractivity contribution in [3.8, 4) is 0 Å². The third kappa shape index (κ3) is 3.12. The zero-order valence-electron chi connectivity index (χ0n) is 18.2. The van der Waals surface area contributed by atoms with Crippen molar-refractivity contribution in [2.24, 2.45) is 0 Å². The second-order valence-electron chi connectivity index (χ2n) is 8.47. The van der Waals surface area contributed by atoms with Crippen LogP contribution in [-0.4, -0.2) is 4.98 Å². The van der Waals surface area contributed by atoms with Gasteiger partial charge < -0.3 is 10.3 Å². The van der Waals surface area contributed by atoms with Gasteiger partial charge in [-0.1, -0.05) is 48.0 Å². The smallest absolute Gasteiger partial charge is 0.196 e. The maximum absolute atomic E-state index is 13.7. The van der Waals surface area contributed by atoms with E-state index in [0.717, 1.165) is 26.2 Å². The van der Waals surface area contributed by atoms with Crippen molar-refractivity contribution in [2.75, 3.05) is 5.32 Å². The molecule has 5 heteroatoms. The highest BCUT2D eigenvalue weighted by Crippen LogP contribution is 2.35. The minimum absolute atomic E-state index is 0.132. The lowest BCUT2D eigenvalue weighted by atomic mass is 9.99. The van der Waals surface area contributed by atoms with Gasteiger partial charge in [-0.05, 0) is 49.7 Å². The lowest BCUT2D eigenvalue weighted by Gasteiger charge is -2.14. The van der Waals surface area contributed by atoms with Crippen LogP contribution in [0, 0.1) is 13.8 Å². The van der Waals surface area contributed by atoms with Gasteiger partial charge in [0.2, 0.25) is 0 Å². The molecular weight excluding hydrogens is 428 g/mol. The fraction of sp³-hybridized carbons (Fsp3) is 0.0714. The Bertz CT molecular complexity index is 1850. The predicted octanol–water partition coefficient (Wildman–Crippen LogP) is 6.77. The van der Waals surface area contributed by atoms with E-state index < -0.39 is 0 Å². The molecule has 0 amide bonds. The number of rotatable bonds is 2. The molecule has 1 heterocycles. The van der Waals surface area contributed by atoms with Gasteiger partial charge in [0.25, 0.3) is 0 Å². The number of aromatic amines is 1. The van der Waals surface area contributed by atoms with Crippen molar-refractivity contribution in [3.63, 3.8) is 0 Å². The maximum Gasteiger partial charge on any atom is 0.196 e. The van der Waals surface area contributed by atoms with E-state index in [1.807, 2.05) is 49.4 Å². The summed E-state index contributed by atoms with van der Waals surface area (Å²) in [6.45, 7) is 4.10. The van der Waals surface area contributed by atoms with Gasteiger partial charge in [0, 0.05) is 16.5 Å². The highest BCUT2D eigenvalue weighted by Gasteiger charge is 2.18. The molecule has 4 nitrogen and oxygen atoms in total. The number of fused-ring (bicyclic) bond motifs is 5. The fourth-order valence-electron chi connectivity index (χ4n) is 4.44. The summed E-state index contributed by atoms with van der Waals surface area (Å²) in [6, 6.07) is 23.2. The Morgan fingerprint density at radius 2 is 1.39 bits per heavy atom. The summed E-state index contributed by atoms with van der Waals surface area (Å²) in [6.07, 6.45) is 0. The summed E-state index contributed by atoms with van der Waals surface area (Å²) < 4.78 is 2.01. The van der Waals surface area contributed by atoms with Crippen LogP contribution in [-0.2, 0) is 0 Å². The van der Waals surface area contributed by atoms with Crippen LogP contribution in [0.25, 0.3) is 42.0 Å². The fourth-order valence-corrected chi connectivity index (χ4v) is 5.58. The first-order chi connectivity index (χ1) is 16.0. The molecule has 0 aliphatic carbocycles. The Labute approximate surface area is 193 Å². The van der Waals surface area contributed by atoms with Gasteiger partial charge in [0.15, 0.2) is 10.9 Å². The molecule has 6 rings (SSSR count). The van der Waals surface area contributed by atoms with Crippen molar-refractivity contribution in [1.29, 1.82) is 0 Å². The predicted molar refractivity (Wildman–Crippen MR) is 140 cm³/mol. The van der Waals surface area contributed by atoms with Crippen LogP contribution in [0.1, 0.15) is 11.1 Å². The van der Waals surface area contributed by atoms with Crippen molar-refractivity contribution >= 4 is 64.7 Å². The molecule has 5 aromatic carbocycles. The highest BCUT2D eigenvalue weighted by atomic mass is 32.1. The minimum atomic E-state index is -0.140. The number of aryl methyl sites for hydroxylation is 2. The monoisotopic (exact) mass is 448 g/mol. The van der Waals surface area contributed by atoms with Crippen molar-refractivity contribution in [1.82, 2.24) is 4.98 Å². The van der Waals surface area contributed by atoms with Crippen LogP contribution in [0.4, 0.5) is 11.4 Å². The molecule has 0 saturated heterocycles. The van der Waals surface area contributed by atoms with Gasteiger partial charge in [-0.15, -0.1) is 11.3 Å². The van der Waals surface area contributed by atoms with Crippen LogP contribution < -0.4 is 16.2 Å². The summed E-state index contributed by atoms with van der Waals surface area (Å²) >= 11 is 1.62. The maximum atomic E-state index is 13.7. The SMILES string of the molecule is Cc1ccc(Nc2cc3sc4cc(C)ccc4[nH]c3c3c(=O)c4ccccc4c(=O)c23)cc1. The molecule has 0 aliphatic heterocycles. The minimum Gasteiger partial charge on any atom is -0.355 e. The molecule has 0 saturated carbocycles. The molecule has 0 bridgehead atoms. The van der Waals surface area contributed by atoms with Gasteiger partial charge in [0.1, 0.15) is 0 Å². The van der Waals surface area contributed by atoms with E-state index in [0.29, 0.717) is 32.7 Å². The van der Waals surface area contributed by atoms with Crippen molar-refractivity contribution in [3.05, 3.63) is 104 Å². The van der Waals surface area contributed by atoms with E-state index in [1.165, 1.54) is 5.56 Å². The lowest BCUT2D eigenvalue weighted by molar-refractivity contribution is 1.46. The summed E-state index contributed by atoms with van der Waals surface area (Å²) in [5, 5.41) is 5.16. The lowest BCUT2D eigenvalue weighted by Crippen LogP contribution is -2.15. The molecule has 6 aromatic rings. The van der Waals surface area contributed by atoms with E-state index in [2.05, 4.69) is 23.3 Å². The Morgan fingerprint density at radius 1 is 0.727 bits per heavy atom. The molecule has 33 heavy (non-hydrogen) atoms. The van der Waals surface area contributed by atoms with Crippen LogP contribution in [0.15, 0.2) is 82.4 Å². The summed E-state index contributed by atoms with van der Waals surface area (Å²) in [5.74, 6) is 0. The molecule has 1 aromatic heterocycles. The largest absolute Gasteiger partial charge is 0.355 e. The van der Waals surface area contributed by atoms with Gasteiger partial charge in [-0.25, -0.2) is 0 Å². The van der Waals surface area contributed by atoms with Gasteiger partial charge in [-0.3, -0.25) is 9.59 Å². The Balaban J connectivity index is 1.80. The standard InChI is InChI=1S/C28H20N2O2S/c1-15-7-10-17(11-8-15)29-21-14-23-26(30-20-12-9-16(2)13-22(20)33-23)25-24(21)27(31)18-5-3-4-6-19(18)28(25)32/h3-14,29-30H,1-2H3. The van der Waals surface area contributed by atoms with E-state index in [-0.39, 0.29) is 10.9 Å². The quantitative estimate of drug-likeness (QED) is 0.227. The number of aromatic nitrogens is 1. The van der Waals surface area contributed by atoms with Crippen molar-refractivity contribution < 1.29 is 0 Å². The van der Waals surface area contributed by atoms with Crippen LogP contribution in [0.2, 0.25) is 0 Å². The number of anilines is 2. The number of hydrogen-bond acceptors (Lipinski definition) is 4. The Hall–Kier alpha value is -3.96. The third-order valence-electron chi connectivity index (χ3n) is 6.11. The Kier molecular flexibility index (Phi) is 4.35. The van der Waals surface area contributed by atoms with E-state index in [9.17, 15) is 9.59 Å². The second kappa shape index (κ2) is 7.29. The topological polar surface area (TPSA) is 62.0 Å². The molecule has 0 fully saturated rings. The summed E-state index contributed by atoms with van der Waals surface area (Å²) in [5.41, 5.74) is 5.21. The van der Waals surface area contributed by atoms with E-state index in [4.69, 9.17) is 0 Å². The average Bonchev–Trinajstić information content (AvgIpc) is 2.82. The van der Waals surface area contributed by atoms with Crippen LogP contribution >= 0.6 is 11.3 Å². The third-order valence-corrected chi connectivity index (χ3v) is 7.21. The number of benzene rings is 5. The molecule has 0 atom stereocenters. The van der Waals surface area contributed by atoms with Gasteiger partial charge in [0.05, 0.1) is 36.9 Å². The molecular formula is C28H20N2O2S. The molecule has 160 valence electrons. The van der Waals surface area contributed by atoms with Gasteiger partial charge >= 0.3 is 0 Å².